The number of carbonyl (C=O) groups excluding carboxylic acids is 11. The molecule has 538 valence electrons. The standard InChI is InChI=1S/C54H87N9O12S3.C11H21NO5/c1-8-75-23-15-20-43(65)41(31-77-53(2,3)4)62-49(72)36(24-34-16-10-9-11-17-34)27-45(67)40-30-76-33-46(68)60-39(19-12-13-21-55)51(74)63-42(32-78-54(5,6)7)44(66)26-35(18-14-22-58-52(56)57)48(71)59-29-38(64)25-37(28-47(69)70)50(73)61-40;1-2-15-6-7-16-5-3-4-10(13)8-17-9-11(12)14/h9-11,16-17,35-37,39-42H,8,12-15,18-33,55H2,1-7H3,(H,59,71)(H,60,68)(H,61,73)(H,62,72)(H,63,74)(H,69,70)(H4,56,57,58);2-9H2,1H3,(H2,12,14)/t35-,36-,37+,39+,40+,41+,42+;/m1./s1. The Bertz CT molecular complexity index is 2590. The lowest BCUT2D eigenvalue weighted by Crippen LogP contribution is -2.53. The van der Waals surface area contributed by atoms with E-state index in [1.165, 1.54) is 23.5 Å². The molecule has 7 atom stereocenters. The predicted octanol–water partition coefficient (Wildman–Crippen LogP) is 2.75. The van der Waals surface area contributed by atoms with Crippen LogP contribution in [0, 0.1) is 17.8 Å². The van der Waals surface area contributed by atoms with E-state index in [0.29, 0.717) is 83.9 Å². The molecule has 14 N–H and O–H groups in total. The molecule has 0 bridgehead atoms. The van der Waals surface area contributed by atoms with Crippen LogP contribution in [0.1, 0.15) is 144 Å². The van der Waals surface area contributed by atoms with Gasteiger partial charge in [-0.05, 0) is 77.3 Å². The van der Waals surface area contributed by atoms with Crippen molar-refractivity contribution in [3.05, 3.63) is 35.9 Å². The number of rotatable bonds is 39. The molecule has 1 heterocycles. The zero-order valence-corrected chi connectivity index (χ0v) is 59.3. The number of aliphatic imine (C=N–C) groups is 1. The van der Waals surface area contributed by atoms with Gasteiger partial charge in [0, 0.05) is 104 Å². The molecule has 1 aliphatic rings. The van der Waals surface area contributed by atoms with Crippen molar-refractivity contribution in [2.24, 2.45) is 45.7 Å². The molecule has 0 radical (unpaired) electrons. The maximum Gasteiger partial charge on any atom is 0.304 e. The van der Waals surface area contributed by atoms with Crippen LogP contribution < -0.4 is 49.5 Å². The zero-order chi connectivity index (χ0) is 71.4. The molecular weight excluding hydrogens is 1290 g/mol. The van der Waals surface area contributed by atoms with Crippen molar-refractivity contribution in [2.45, 2.75) is 179 Å². The molecule has 2 rings (SSSR count). The van der Waals surface area contributed by atoms with Crippen molar-refractivity contribution in [3.63, 3.8) is 0 Å². The number of amides is 6. The summed E-state index contributed by atoms with van der Waals surface area (Å²) in [5.41, 5.74) is 22.4. The number of hydrogen-bond donors (Lipinski definition) is 10. The van der Waals surface area contributed by atoms with Gasteiger partial charge in [0.15, 0.2) is 34.9 Å². The van der Waals surface area contributed by atoms with Gasteiger partial charge in [0.25, 0.3) is 0 Å². The van der Waals surface area contributed by atoms with E-state index in [2.05, 4.69) is 31.6 Å². The Balaban J connectivity index is 0.00000230. The van der Waals surface area contributed by atoms with Gasteiger partial charge in [-0.15, -0.1) is 11.8 Å². The first kappa shape index (κ1) is 87.0. The Hall–Kier alpha value is -6.02. The van der Waals surface area contributed by atoms with E-state index in [1.807, 2.05) is 55.4 Å². The quantitative estimate of drug-likeness (QED) is 0.0257. The van der Waals surface area contributed by atoms with E-state index < -0.39 is 126 Å². The van der Waals surface area contributed by atoms with Crippen molar-refractivity contribution < 1.29 is 81.6 Å². The van der Waals surface area contributed by atoms with Crippen LogP contribution in [-0.4, -0.2) is 211 Å². The maximum absolute atomic E-state index is 14.7. The van der Waals surface area contributed by atoms with E-state index in [-0.39, 0.29) is 108 Å². The van der Waals surface area contributed by atoms with Crippen LogP contribution in [0.15, 0.2) is 35.3 Å². The third-order valence-electron chi connectivity index (χ3n) is 14.0. The Morgan fingerprint density at radius 3 is 2.01 bits per heavy atom. The van der Waals surface area contributed by atoms with E-state index in [9.17, 15) is 62.6 Å². The van der Waals surface area contributed by atoms with Gasteiger partial charge >= 0.3 is 5.97 Å². The minimum atomic E-state index is -1.53. The molecule has 95 heavy (non-hydrogen) atoms. The molecule has 27 nitrogen and oxygen atoms in total. The minimum Gasteiger partial charge on any atom is -0.481 e. The van der Waals surface area contributed by atoms with Gasteiger partial charge in [0.1, 0.15) is 19.3 Å². The summed E-state index contributed by atoms with van der Waals surface area (Å²) in [5, 5.41) is 23.6. The second kappa shape index (κ2) is 49.5. The van der Waals surface area contributed by atoms with E-state index in [1.54, 1.807) is 30.3 Å². The Kier molecular flexibility index (Phi) is 45.3. The number of Topliss-reactive ketones (excluding diaryl/α,β-unsaturated/α-hetero) is 5. The number of ether oxygens (including phenoxy) is 4. The SMILES string of the molecule is CCOCCCC(=O)[C@H](CSC(C)(C)C)NC(=O)[C@@H](CC(=O)[C@@H]1CSCC(=O)N[C@@H](CCCCN)C(=O)N[C@@H](CSC(C)(C)C)C(=O)C[C@@H](CCCN=C(N)N)C(=O)NCC(=O)C[C@@H](CC(=O)O)C(=O)N1)Cc1ccccc1.CCOCCOCCCC(=O)COCC(N)=O. The molecule has 0 saturated carbocycles. The van der Waals surface area contributed by atoms with Gasteiger partial charge in [-0.3, -0.25) is 62.5 Å². The van der Waals surface area contributed by atoms with Crippen LogP contribution in [0.3, 0.4) is 0 Å². The molecule has 0 spiro atoms. The Labute approximate surface area is 573 Å². The number of carboxylic acids is 1. The molecule has 1 aromatic carbocycles. The number of benzene rings is 1. The number of carboxylic acid groups (broad SMARTS) is 1. The summed E-state index contributed by atoms with van der Waals surface area (Å²) in [5.74, 6) is -11.7. The lowest BCUT2D eigenvalue weighted by atomic mass is 9.90. The summed E-state index contributed by atoms with van der Waals surface area (Å²) in [6.07, 6.45) is 0.772. The molecule has 1 fully saturated rings. The zero-order valence-electron chi connectivity index (χ0n) is 56.9. The Morgan fingerprint density at radius 2 is 1.38 bits per heavy atom. The van der Waals surface area contributed by atoms with Gasteiger partial charge in [-0.2, -0.15) is 23.5 Å². The molecule has 0 aliphatic carbocycles. The second-order valence-corrected chi connectivity index (χ2v) is 29.5. The van der Waals surface area contributed by atoms with Crippen molar-refractivity contribution in [1.82, 2.24) is 26.6 Å². The predicted molar refractivity (Wildman–Crippen MR) is 369 cm³/mol. The summed E-state index contributed by atoms with van der Waals surface area (Å²) >= 11 is 3.82. The topological polar surface area (TPSA) is 439 Å². The van der Waals surface area contributed by atoms with Crippen LogP contribution in [0.4, 0.5) is 0 Å². The van der Waals surface area contributed by atoms with Crippen LogP contribution in [0.5, 0.6) is 0 Å². The molecular formula is C65H108N10O17S3. The second-order valence-electron chi connectivity index (χ2n) is 24.8. The van der Waals surface area contributed by atoms with Gasteiger partial charge in [0.2, 0.25) is 35.4 Å². The first-order valence-corrected chi connectivity index (χ1v) is 35.6. The molecule has 1 aromatic rings. The van der Waals surface area contributed by atoms with E-state index >= 15 is 0 Å². The number of guanidine groups is 1. The minimum absolute atomic E-state index is 0.0558. The van der Waals surface area contributed by atoms with Crippen molar-refractivity contribution in [3.8, 4) is 0 Å². The smallest absolute Gasteiger partial charge is 0.304 e. The summed E-state index contributed by atoms with van der Waals surface area (Å²) in [6.45, 7) is 18.2. The van der Waals surface area contributed by atoms with Crippen molar-refractivity contribution in [2.75, 3.05) is 95.5 Å². The van der Waals surface area contributed by atoms with Crippen LogP contribution in [-0.2, 0) is 82.9 Å². The molecule has 1 saturated heterocycles. The van der Waals surface area contributed by atoms with E-state index in [0.717, 1.165) is 11.8 Å². The molecule has 1 aliphatic heterocycles. The number of ketones is 5. The normalized spacial score (nSPS) is 18.8. The fourth-order valence-corrected chi connectivity index (χ4v) is 11.9. The summed E-state index contributed by atoms with van der Waals surface area (Å²) < 4.78 is 19.9. The number of carbonyl (C=O) groups is 12. The monoisotopic (exact) mass is 1400 g/mol. The first-order chi connectivity index (χ1) is 44.9. The number of unbranched alkanes of at least 4 members (excludes halogenated alkanes) is 1. The number of nitrogens with zero attached hydrogens (tertiary/aromatic N) is 1. The number of nitrogens with one attached hydrogen (secondary N) is 5. The van der Waals surface area contributed by atoms with E-state index in [4.69, 9.17) is 41.9 Å². The van der Waals surface area contributed by atoms with Gasteiger partial charge < -0.3 is 73.6 Å². The number of aliphatic carboxylic acids is 1. The average Bonchev–Trinajstić information content (AvgIpc) is 1.11. The molecule has 0 aromatic heterocycles. The van der Waals surface area contributed by atoms with Gasteiger partial charge in [-0.1, -0.05) is 71.9 Å². The lowest BCUT2D eigenvalue weighted by molar-refractivity contribution is -0.142. The van der Waals surface area contributed by atoms with Crippen molar-refractivity contribution >= 4 is 112 Å². The third kappa shape index (κ3) is 43.7. The van der Waals surface area contributed by atoms with Crippen molar-refractivity contribution in [1.29, 1.82) is 0 Å². The average molecular weight is 1400 g/mol. The Morgan fingerprint density at radius 1 is 0.726 bits per heavy atom. The molecule has 0 unspecified atom stereocenters. The summed E-state index contributed by atoms with van der Waals surface area (Å²) in [6, 6.07) is 4.32. The number of nitrogens with two attached hydrogens (primary N) is 4. The molecule has 6 amide bonds. The first-order valence-electron chi connectivity index (χ1n) is 32.4. The van der Waals surface area contributed by atoms with Crippen LogP contribution in [0.25, 0.3) is 0 Å². The van der Waals surface area contributed by atoms with Crippen LogP contribution >= 0.6 is 35.3 Å². The number of thioether (sulfide) groups is 3. The highest BCUT2D eigenvalue weighted by Crippen LogP contribution is 2.27. The van der Waals surface area contributed by atoms with Crippen LogP contribution in [0.2, 0.25) is 0 Å². The lowest BCUT2D eigenvalue weighted by Gasteiger charge is -2.27. The summed E-state index contributed by atoms with van der Waals surface area (Å²) in [4.78, 5) is 164. The third-order valence-corrected chi connectivity index (χ3v) is 17.8. The largest absolute Gasteiger partial charge is 0.481 e. The highest BCUT2D eigenvalue weighted by atomic mass is 32.2. The fraction of sp³-hybridized carbons (Fsp3) is 0.708. The van der Waals surface area contributed by atoms with Gasteiger partial charge in [-0.25, -0.2) is 0 Å². The fourth-order valence-electron chi connectivity index (χ4n) is 9.11. The van der Waals surface area contributed by atoms with Gasteiger partial charge in [0.05, 0.1) is 56.0 Å². The number of hydrogen-bond acceptors (Lipinski definition) is 21. The highest BCUT2D eigenvalue weighted by molar-refractivity contribution is 8.01. The molecule has 30 heteroatoms. The maximum atomic E-state index is 14.7. The number of primary amides is 1. The highest BCUT2D eigenvalue weighted by Gasteiger charge is 2.36. The summed E-state index contributed by atoms with van der Waals surface area (Å²) in [7, 11) is 0.